The van der Waals surface area contributed by atoms with Crippen molar-refractivity contribution in [1.29, 1.82) is 0 Å². The third-order valence-corrected chi connectivity index (χ3v) is 6.55. The second-order valence-corrected chi connectivity index (χ2v) is 9.58. The Morgan fingerprint density at radius 2 is 1.69 bits per heavy atom. The summed E-state index contributed by atoms with van der Waals surface area (Å²) in [5, 5.41) is 7.03. The maximum absolute atomic E-state index is 5.84. The van der Waals surface area contributed by atoms with Crippen LogP contribution >= 0.6 is 0 Å². The number of aromatic nitrogens is 4. The topological polar surface area (TPSA) is 80.1 Å². The zero-order valence-corrected chi connectivity index (χ0v) is 21.1. The van der Waals surface area contributed by atoms with Crippen molar-refractivity contribution >= 4 is 22.9 Å². The molecule has 8 heteroatoms. The highest BCUT2D eigenvalue weighted by Gasteiger charge is 2.21. The average Bonchev–Trinajstić information content (AvgIpc) is 3.34. The fourth-order valence-corrected chi connectivity index (χ4v) is 4.60. The number of fused-ring (bicyclic) bond motifs is 1. The Balaban J connectivity index is 1.24. The van der Waals surface area contributed by atoms with E-state index in [0.29, 0.717) is 25.1 Å². The molecule has 0 amide bonds. The Morgan fingerprint density at radius 3 is 2.42 bits per heavy atom. The van der Waals surface area contributed by atoms with Crippen LogP contribution in [0, 0.1) is 0 Å². The van der Waals surface area contributed by atoms with E-state index in [-0.39, 0.29) is 6.04 Å². The first kappa shape index (κ1) is 24.1. The van der Waals surface area contributed by atoms with E-state index in [1.807, 2.05) is 36.7 Å². The van der Waals surface area contributed by atoms with Gasteiger partial charge in [-0.25, -0.2) is 4.98 Å². The molecule has 0 bridgehead atoms. The fourth-order valence-electron chi connectivity index (χ4n) is 4.60. The molecule has 1 aliphatic rings. The second-order valence-electron chi connectivity index (χ2n) is 9.58. The van der Waals surface area contributed by atoms with E-state index in [1.54, 1.807) is 0 Å². The van der Waals surface area contributed by atoms with Gasteiger partial charge in [0.1, 0.15) is 12.4 Å². The highest BCUT2D eigenvalue weighted by molar-refractivity contribution is 5.84. The zero-order chi connectivity index (χ0) is 24.7. The third-order valence-electron chi connectivity index (χ3n) is 6.55. The molecule has 8 nitrogen and oxygen atoms in total. The Bertz CT molecular complexity index is 1230. The van der Waals surface area contributed by atoms with Crippen molar-refractivity contribution in [3.05, 3.63) is 72.6 Å². The Labute approximate surface area is 212 Å². The van der Waals surface area contributed by atoms with Gasteiger partial charge in [-0.15, -0.1) is 0 Å². The molecule has 0 saturated carbocycles. The van der Waals surface area contributed by atoms with Gasteiger partial charge in [0, 0.05) is 31.7 Å². The second kappa shape index (κ2) is 11.4. The Kier molecular flexibility index (Phi) is 7.61. The van der Waals surface area contributed by atoms with E-state index in [1.165, 1.54) is 5.56 Å². The summed E-state index contributed by atoms with van der Waals surface area (Å²) in [6, 6.07) is 21.1. The van der Waals surface area contributed by atoms with Crippen molar-refractivity contribution in [2.75, 3.05) is 36.9 Å². The van der Waals surface area contributed by atoms with Gasteiger partial charge in [-0.2, -0.15) is 9.97 Å². The predicted octanol–water partition coefficient (Wildman–Crippen LogP) is 4.97. The van der Waals surface area contributed by atoms with Crippen LogP contribution in [-0.2, 0) is 6.54 Å². The quantitative estimate of drug-likeness (QED) is 0.307. The highest BCUT2D eigenvalue weighted by Crippen LogP contribution is 2.25. The maximum Gasteiger partial charge on any atom is 0.227 e. The van der Waals surface area contributed by atoms with Crippen LogP contribution < -0.4 is 15.4 Å². The molecule has 1 saturated heterocycles. The first-order chi connectivity index (χ1) is 17.7. The van der Waals surface area contributed by atoms with Crippen molar-refractivity contribution in [1.82, 2.24) is 24.4 Å². The highest BCUT2D eigenvalue weighted by atomic mass is 16.5. The Hall–Kier alpha value is -3.65. The molecule has 0 aliphatic carbocycles. The number of benzene rings is 2. The number of para-hydroxylation sites is 1. The molecular formula is C28H35N7O. The summed E-state index contributed by atoms with van der Waals surface area (Å²) in [5.41, 5.74) is 2.99. The molecule has 188 valence electrons. The van der Waals surface area contributed by atoms with Crippen LogP contribution in [0.25, 0.3) is 11.2 Å². The molecule has 4 aromatic rings. The number of likely N-dealkylation sites (tertiary alicyclic amines) is 1. The van der Waals surface area contributed by atoms with E-state index in [4.69, 9.17) is 14.7 Å². The molecule has 1 fully saturated rings. The van der Waals surface area contributed by atoms with Gasteiger partial charge in [0.15, 0.2) is 17.0 Å². The smallest absolute Gasteiger partial charge is 0.227 e. The number of nitrogens with zero attached hydrogens (tertiary/aromatic N) is 5. The van der Waals surface area contributed by atoms with Gasteiger partial charge in [-0.1, -0.05) is 48.5 Å². The summed E-state index contributed by atoms with van der Waals surface area (Å²) in [6.45, 7) is 8.54. The molecule has 2 N–H and O–H groups in total. The lowest BCUT2D eigenvalue weighted by atomic mass is 10.0. The van der Waals surface area contributed by atoms with Gasteiger partial charge in [-0.3, -0.25) is 4.90 Å². The van der Waals surface area contributed by atoms with Crippen molar-refractivity contribution in [3.8, 4) is 5.75 Å². The van der Waals surface area contributed by atoms with Crippen molar-refractivity contribution in [3.63, 3.8) is 0 Å². The van der Waals surface area contributed by atoms with E-state index in [2.05, 4.69) is 69.3 Å². The molecule has 2 aromatic carbocycles. The van der Waals surface area contributed by atoms with Gasteiger partial charge >= 0.3 is 0 Å². The van der Waals surface area contributed by atoms with E-state index in [0.717, 1.165) is 55.2 Å². The van der Waals surface area contributed by atoms with Crippen LogP contribution in [0.1, 0.15) is 38.3 Å². The van der Waals surface area contributed by atoms with Crippen molar-refractivity contribution in [2.24, 2.45) is 0 Å². The lowest BCUT2D eigenvalue weighted by Crippen LogP contribution is -2.39. The maximum atomic E-state index is 5.84. The minimum Gasteiger partial charge on any atom is -0.492 e. The SMILES string of the molecule is CC(C)n1cnc2c(NCCOc3ccccc3)nc(NC3CCN(Cc4ccccc4)CC3)nc21. The molecular weight excluding hydrogens is 450 g/mol. The first-order valence-electron chi connectivity index (χ1n) is 12.8. The number of ether oxygens (including phenoxy) is 1. The number of anilines is 2. The minimum atomic E-state index is 0.258. The summed E-state index contributed by atoms with van der Waals surface area (Å²) in [4.78, 5) is 16.8. The monoisotopic (exact) mass is 485 g/mol. The fraction of sp³-hybridized carbons (Fsp3) is 0.393. The van der Waals surface area contributed by atoms with Crippen LogP contribution in [0.15, 0.2) is 67.0 Å². The van der Waals surface area contributed by atoms with Gasteiger partial charge in [0.05, 0.1) is 12.9 Å². The summed E-state index contributed by atoms with van der Waals surface area (Å²) >= 11 is 0. The van der Waals surface area contributed by atoms with Crippen LogP contribution in [0.2, 0.25) is 0 Å². The molecule has 5 rings (SSSR count). The summed E-state index contributed by atoms with van der Waals surface area (Å²) < 4.78 is 7.93. The van der Waals surface area contributed by atoms with Gasteiger partial charge in [0.2, 0.25) is 5.95 Å². The normalized spacial score (nSPS) is 14.9. The van der Waals surface area contributed by atoms with Crippen LogP contribution in [0.3, 0.4) is 0 Å². The molecule has 0 radical (unpaired) electrons. The van der Waals surface area contributed by atoms with Crippen LogP contribution in [0.4, 0.5) is 11.8 Å². The molecule has 0 unspecified atom stereocenters. The van der Waals surface area contributed by atoms with Crippen LogP contribution in [-0.4, -0.2) is 56.7 Å². The van der Waals surface area contributed by atoms with Gasteiger partial charge in [0.25, 0.3) is 0 Å². The molecule has 0 spiro atoms. The van der Waals surface area contributed by atoms with Crippen LogP contribution in [0.5, 0.6) is 5.75 Å². The zero-order valence-electron chi connectivity index (χ0n) is 21.1. The lowest BCUT2D eigenvalue weighted by Gasteiger charge is -2.32. The molecule has 0 atom stereocenters. The summed E-state index contributed by atoms with van der Waals surface area (Å²) in [6.07, 6.45) is 3.97. The lowest BCUT2D eigenvalue weighted by molar-refractivity contribution is 0.211. The largest absolute Gasteiger partial charge is 0.492 e. The molecule has 36 heavy (non-hydrogen) atoms. The van der Waals surface area contributed by atoms with E-state index >= 15 is 0 Å². The minimum absolute atomic E-state index is 0.258. The molecule has 1 aliphatic heterocycles. The Morgan fingerprint density at radius 1 is 0.972 bits per heavy atom. The third kappa shape index (κ3) is 5.94. The number of hydrogen-bond donors (Lipinski definition) is 2. The molecule has 3 heterocycles. The predicted molar refractivity (Wildman–Crippen MR) is 144 cm³/mol. The van der Waals surface area contributed by atoms with Gasteiger partial charge in [-0.05, 0) is 44.4 Å². The summed E-state index contributed by atoms with van der Waals surface area (Å²) in [5.74, 6) is 2.25. The van der Waals surface area contributed by atoms with Crippen molar-refractivity contribution in [2.45, 2.75) is 45.3 Å². The number of piperidine rings is 1. The van der Waals surface area contributed by atoms with E-state index < -0.39 is 0 Å². The van der Waals surface area contributed by atoms with E-state index in [9.17, 15) is 0 Å². The van der Waals surface area contributed by atoms with Crippen molar-refractivity contribution < 1.29 is 4.74 Å². The first-order valence-corrected chi connectivity index (χ1v) is 12.8. The number of nitrogens with one attached hydrogen (secondary N) is 2. The summed E-state index contributed by atoms with van der Waals surface area (Å²) in [7, 11) is 0. The van der Waals surface area contributed by atoms with Gasteiger partial charge < -0.3 is 19.9 Å². The number of hydrogen-bond acceptors (Lipinski definition) is 7. The number of imidazole rings is 1. The standard InChI is InChI=1S/C28H35N7O/c1-21(2)35-20-30-25-26(29-15-18-36-24-11-7-4-8-12-24)32-28(33-27(25)35)31-23-13-16-34(17-14-23)19-22-9-5-3-6-10-22/h3-12,20-21,23H,13-19H2,1-2H3,(H2,29,31,32,33). The average molecular weight is 486 g/mol. The molecule has 2 aromatic heterocycles. The number of rotatable bonds is 10.